The Hall–Kier alpha value is -2.70. The molecule has 2 amide bonds. The summed E-state index contributed by atoms with van der Waals surface area (Å²) in [6.45, 7) is 0. The highest BCUT2D eigenvalue weighted by Crippen LogP contribution is 2.25. The van der Waals surface area contributed by atoms with Crippen molar-refractivity contribution in [3.8, 4) is 0 Å². The van der Waals surface area contributed by atoms with Crippen LogP contribution in [0.1, 0.15) is 33.6 Å². The zero-order valence-electron chi connectivity index (χ0n) is 10.2. The third kappa shape index (κ3) is 2.25. The number of amides is 2. The highest BCUT2D eigenvalue weighted by atomic mass is 16.4. The van der Waals surface area contributed by atoms with Crippen molar-refractivity contribution in [1.29, 1.82) is 0 Å². The normalized spacial score (nSPS) is 15.1. The number of carboxylic acids is 2. The second kappa shape index (κ2) is 5.12. The number of hydrogen-bond donors (Lipinski definition) is 0. The van der Waals surface area contributed by atoms with Gasteiger partial charge in [-0.05, 0) is 25.0 Å². The molecule has 1 aliphatic heterocycles. The van der Waals surface area contributed by atoms with Crippen molar-refractivity contribution >= 4 is 23.8 Å². The molecule has 2 rings (SSSR count). The Labute approximate surface area is 113 Å². The fraction of sp³-hybridized carbons (Fsp3) is 0.231. The van der Waals surface area contributed by atoms with Gasteiger partial charge in [0.25, 0.3) is 11.8 Å². The maximum atomic E-state index is 12.0. The van der Waals surface area contributed by atoms with Crippen molar-refractivity contribution in [1.82, 2.24) is 4.90 Å². The van der Waals surface area contributed by atoms with Crippen molar-refractivity contribution in [2.45, 2.75) is 18.9 Å². The van der Waals surface area contributed by atoms with Gasteiger partial charge < -0.3 is 19.8 Å². The van der Waals surface area contributed by atoms with Crippen molar-refractivity contribution in [2.75, 3.05) is 0 Å². The average molecular weight is 275 g/mol. The van der Waals surface area contributed by atoms with Crippen LogP contribution < -0.4 is 10.2 Å². The summed E-state index contributed by atoms with van der Waals surface area (Å²) in [5.41, 5.74) is 0.189. The van der Waals surface area contributed by atoms with Crippen molar-refractivity contribution in [3.05, 3.63) is 35.4 Å². The largest absolute Gasteiger partial charge is 0.550 e. The number of nitrogens with zero attached hydrogens (tertiary/aromatic N) is 1. The second-order valence-electron chi connectivity index (χ2n) is 4.27. The van der Waals surface area contributed by atoms with Crippen LogP contribution in [-0.2, 0) is 9.59 Å². The maximum Gasteiger partial charge on any atom is 0.262 e. The Morgan fingerprint density at radius 2 is 1.55 bits per heavy atom. The van der Waals surface area contributed by atoms with E-state index in [1.807, 2.05) is 0 Å². The molecule has 0 aliphatic carbocycles. The Bertz CT molecular complexity index is 574. The molecule has 0 N–H and O–H groups in total. The topological polar surface area (TPSA) is 118 Å². The van der Waals surface area contributed by atoms with Gasteiger partial charge in [-0.25, -0.2) is 0 Å². The number of rotatable bonds is 5. The fourth-order valence-electron chi connectivity index (χ4n) is 2.10. The van der Waals surface area contributed by atoms with Gasteiger partial charge >= 0.3 is 0 Å². The van der Waals surface area contributed by atoms with E-state index in [4.69, 9.17) is 0 Å². The highest BCUT2D eigenvalue weighted by molar-refractivity contribution is 6.22. The first-order valence-electron chi connectivity index (χ1n) is 5.81. The standard InChI is InChI=1S/C13H11NO6/c15-10(16)6-5-9(13(19)20)14-11(17)7-3-1-2-4-8(7)12(14)18/h1-4,9H,5-6H2,(H,15,16)(H,19,20)/p-2/t9-/m0/s1. The molecule has 0 saturated heterocycles. The van der Waals surface area contributed by atoms with E-state index in [0.29, 0.717) is 4.90 Å². The van der Waals surface area contributed by atoms with Gasteiger partial charge in [-0.2, -0.15) is 0 Å². The molecule has 1 aliphatic rings. The quantitative estimate of drug-likeness (QED) is 0.570. The number of carbonyl (C=O) groups excluding carboxylic acids is 4. The third-order valence-corrected chi connectivity index (χ3v) is 3.03. The Morgan fingerprint density at radius 1 is 1.05 bits per heavy atom. The van der Waals surface area contributed by atoms with Gasteiger partial charge in [-0.15, -0.1) is 0 Å². The smallest absolute Gasteiger partial charge is 0.262 e. The average Bonchev–Trinajstić information content (AvgIpc) is 2.64. The summed E-state index contributed by atoms with van der Waals surface area (Å²) >= 11 is 0. The zero-order chi connectivity index (χ0) is 14.9. The Balaban J connectivity index is 2.32. The van der Waals surface area contributed by atoms with Crippen LogP contribution in [0, 0.1) is 0 Å². The van der Waals surface area contributed by atoms with E-state index in [9.17, 15) is 29.4 Å². The third-order valence-electron chi connectivity index (χ3n) is 3.03. The number of imide groups is 1. The van der Waals surface area contributed by atoms with E-state index in [2.05, 4.69) is 0 Å². The molecule has 20 heavy (non-hydrogen) atoms. The molecular formula is C13H9NO6-2. The molecule has 1 aromatic carbocycles. The van der Waals surface area contributed by atoms with Gasteiger partial charge in [0.2, 0.25) is 0 Å². The summed E-state index contributed by atoms with van der Waals surface area (Å²) in [5.74, 6) is -4.68. The number of carboxylic acid groups (broad SMARTS) is 2. The van der Waals surface area contributed by atoms with Crippen LogP contribution in [-0.4, -0.2) is 34.7 Å². The summed E-state index contributed by atoms with van der Waals surface area (Å²) in [6, 6.07) is 4.27. The van der Waals surface area contributed by atoms with Crippen molar-refractivity contribution in [2.24, 2.45) is 0 Å². The van der Waals surface area contributed by atoms with Crippen LogP contribution in [0.3, 0.4) is 0 Å². The lowest BCUT2D eigenvalue weighted by atomic mass is 10.1. The molecule has 1 heterocycles. The number of benzene rings is 1. The maximum absolute atomic E-state index is 12.0. The van der Waals surface area contributed by atoms with E-state index < -0.39 is 42.6 Å². The van der Waals surface area contributed by atoms with E-state index in [0.717, 1.165) is 0 Å². The molecule has 0 radical (unpaired) electrons. The van der Waals surface area contributed by atoms with Crippen LogP contribution in [0.2, 0.25) is 0 Å². The molecule has 0 unspecified atom stereocenters. The Morgan fingerprint density at radius 3 is 1.95 bits per heavy atom. The molecule has 7 heteroatoms. The lowest BCUT2D eigenvalue weighted by molar-refractivity contribution is -0.311. The predicted octanol–water partition coefficient (Wildman–Crippen LogP) is -2.07. The van der Waals surface area contributed by atoms with Gasteiger partial charge in [0.1, 0.15) is 0 Å². The summed E-state index contributed by atoms with van der Waals surface area (Å²) in [7, 11) is 0. The minimum atomic E-state index is -1.68. The first kappa shape index (κ1) is 13.7. The summed E-state index contributed by atoms with van der Waals surface area (Å²) in [6.07, 6.45) is -1.04. The lowest BCUT2D eigenvalue weighted by Crippen LogP contribution is -2.51. The number of hydrogen-bond acceptors (Lipinski definition) is 6. The molecule has 0 aromatic heterocycles. The minimum absolute atomic E-state index is 0.0946. The SMILES string of the molecule is O=C([O-])CC[C@@H](C(=O)[O-])N1C(=O)c2ccccc2C1=O. The second-order valence-corrected chi connectivity index (χ2v) is 4.27. The van der Waals surface area contributed by atoms with Crippen LogP contribution >= 0.6 is 0 Å². The fourth-order valence-corrected chi connectivity index (χ4v) is 2.10. The lowest BCUT2D eigenvalue weighted by Gasteiger charge is -2.27. The van der Waals surface area contributed by atoms with Gasteiger partial charge in [0.15, 0.2) is 0 Å². The van der Waals surface area contributed by atoms with E-state index in [1.165, 1.54) is 12.1 Å². The van der Waals surface area contributed by atoms with Gasteiger partial charge in [-0.3, -0.25) is 14.5 Å². The summed E-state index contributed by atoms with van der Waals surface area (Å²) in [5, 5.41) is 21.5. The van der Waals surface area contributed by atoms with Crippen molar-refractivity contribution in [3.63, 3.8) is 0 Å². The van der Waals surface area contributed by atoms with Crippen LogP contribution in [0.4, 0.5) is 0 Å². The van der Waals surface area contributed by atoms with Crippen LogP contribution in [0.5, 0.6) is 0 Å². The summed E-state index contributed by atoms with van der Waals surface area (Å²) in [4.78, 5) is 46.1. The Kier molecular flexibility index (Phi) is 3.51. The monoisotopic (exact) mass is 275 g/mol. The van der Waals surface area contributed by atoms with E-state index >= 15 is 0 Å². The van der Waals surface area contributed by atoms with Crippen molar-refractivity contribution < 1.29 is 29.4 Å². The van der Waals surface area contributed by atoms with E-state index in [1.54, 1.807) is 12.1 Å². The first-order chi connectivity index (χ1) is 9.43. The molecule has 0 saturated carbocycles. The molecule has 104 valence electrons. The predicted molar refractivity (Wildman–Crippen MR) is 60.0 cm³/mol. The van der Waals surface area contributed by atoms with Gasteiger partial charge in [-0.1, -0.05) is 12.1 Å². The highest BCUT2D eigenvalue weighted by Gasteiger charge is 2.39. The number of fused-ring (bicyclic) bond motifs is 1. The van der Waals surface area contributed by atoms with Crippen LogP contribution in [0.15, 0.2) is 24.3 Å². The van der Waals surface area contributed by atoms with Gasteiger partial charge in [0.05, 0.1) is 23.1 Å². The van der Waals surface area contributed by atoms with Gasteiger partial charge in [0, 0.05) is 5.97 Å². The molecule has 7 nitrogen and oxygen atoms in total. The molecule has 0 bridgehead atoms. The summed E-state index contributed by atoms with van der Waals surface area (Å²) < 4.78 is 0. The molecule has 0 spiro atoms. The molecule has 1 aromatic rings. The first-order valence-corrected chi connectivity index (χ1v) is 5.81. The molecular weight excluding hydrogens is 266 g/mol. The molecule has 1 atom stereocenters. The van der Waals surface area contributed by atoms with Crippen LogP contribution in [0.25, 0.3) is 0 Å². The number of aliphatic carboxylic acids is 2. The minimum Gasteiger partial charge on any atom is -0.550 e. The zero-order valence-corrected chi connectivity index (χ0v) is 10.2. The molecule has 0 fully saturated rings. The number of carbonyl (C=O) groups is 4. The van der Waals surface area contributed by atoms with E-state index in [-0.39, 0.29) is 11.1 Å².